The van der Waals surface area contributed by atoms with Gasteiger partial charge in [0.05, 0.1) is 6.10 Å². The highest BCUT2D eigenvalue weighted by Crippen LogP contribution is 2.24. The molecule has 0 saturated heterocycles. The molecule has 1 heterocycles. The quantitative estimate of drug-likeness (QED) is 0.760. The minimum atomic E-state index is -0.120. The fourth-order valence-electron chi connectivity index (χ4n) is 2.59. The summed E-state index contributed by atoms with van der Waals surface area (Å²) in [5.74, 6) is 2.08. The van der Waals surface area contributed by atoms with Gasteiger partial charge in [-0.1, -0.05) is 6.42 Å². The van der Waals surface area contributed by atoms with Gasteiger partial charge in [-0.3, -0.25) is 0 Å². The van der Waals surface area contributed by atoms with Crippen LogP contribution in [0.25, 0.3) is 0 Å². The Morgan fingerprint density at radius 2 is 2.16 bits per heavy atom. The van der Waals surface area contributed by atoms with Crippen molar-refractivity contribution in [1.29, 1.82) is 0 Å². The van der Waals surface area contributed by atoms with Crippen molar-refractivity contribution in [3.8, 4) is 0 Å². The molecule has 19 heavy (non-hydrogen) atoms. The molecular formula is C14H24N4O. The van der Waals surface area contributed by atoms with Gasteiger partial charge in [-0.15, -0.1) is 0 Å². The molecule has 1 aromatic rings. The van der Waals surface area contributed by atoms with Gasteiger partial charge in [0.25, 0.3) is 0 Å². The van der Waals surface area contributed by atoms with E-state index in [1.165, 1.54) is 6.42 Å². The molecule has 0 bridgehead atoms. The molecule has 0 spiro atoms. The topological polar surface area (TPSA) is 70.1 Å². The van der Waals surface area contributed by atoms with E-state index in [0.29, 0.717) is 11.9 Å². The highest BCUT2D eigenvalue weighted by molar-refractivity contribution is 5.42. The van der Waals surface area contributed by atoms with E-state index in [-0.39, 0.29) is 6.10 Å². The molecular weight excluding hydrogens is 240 g/mol. The van der Waals surface area contributed by atoms with Gasteiger partial charge in [-0.2, -0.15) is 4.98 Å². The van der Waals surface area contributed by atoms with Crippen LogP contribution in [0.1, 0.15) is 38.3 Å². The predicted octanol–water partition coefficient (Wildman–Crippen LogP) is 2.18. The number of aromatic nitrogens is 2. The Kier molecular flexibility index (Phi) is 4.96. The van der Waals surface area contributed by atoms with Gasteiger partial charge in [-0.05, 0) is 39.0 Å². The van der Waals surface area contributed by atoms with Crippen molar-refractivity contribution >= 4 is 11.8 Å². The van der Waals surface area contributed by atoms with Crippen LogP contribution in [0.3, 0.4) is 0 Å². The fourth-order valence-corrected chi connectivity index (χ4v) is 2.59. The molecule has 5 heteroatoms. The number of nitrogens with zero attached hydrogens (tertiary/aromatic N) is 2. The summed E-state index contributed by atoms with van der Waals surface area (Å²) in [6, 6.07) is 1.96. The van der Waals surface area contributed by atoms with Crippen LogP contribution in [0.15, 0.2) is 6.07 Å². The monoisotopic (exact) mass is 264 g/mol. The van der Waals surface area contributed by atoms with E-state index in [4.69, 9.17) is 0 Å². The van der Waals surface area contributed by atoms with E-state index in [9.17, 15) is 5.11 Å². The molecule has 0 radical (unpaired) electrons. The van der Waals surface area contributed by atoms with Crippen LogP contribution < -0.4 is 10.6 Å². The van der Waals surface area contributed by atoms with Gasteiger partial charge in [0.2, 0.25) is 5.95 Å². The smallest absolute Gasteiger partial charge is 0.224 e. The Labute approximate surface area is 114 Å². The molecule has 1 aliphatic rings. The molecule has 0 aliphatic heterocycles. The van der Waals surface area contributed by atoms with Gasteiger partial charge in [0.15, 0.2) is 0 Å². The van der Waals surface area contributed by atoms with Crippen LogP contribution in [0.5, 0.6) is 0 Å². The lowest BCUT2D eigenvalue weighted by molar-refractivity contribution is 0.104. The number of aryl methyl sites for hydroxylation is 1. The van der Waals surface area contributed by atoms with E-state index in [1.54, 1.807) is 0 Å². The predicted molar refractivity (Wildman–Crippen MR) is 77.4 cm³/mol. The number of anilines is 2. The van der Waals surface area contributed by atoms with Crippen LogP contribution in [-0.4, -0.2) is 34.3 Å². The van der Waals surface area contributed by atoms with Crippen molar-refractivity contribution in [2.75, 3.05) is 23.7 Å². The van der Waals surface area contributed by atoms with Gasteiger partial charge < -0.3 is 15.7 Å². The highest BCUT2D eigenvalue weighted by Gasteiger charge is 2.19. The number of rotatable bonds is 5. The van der Waals surface area contributed by atoms with Crippen molar-refractivity contribution in [1.82, 2.24) is 9.97 Å². The first-order chi connectivity index (χ1) is 9.17. The summed E-state index contributed by atoms with van der Waals surface area (Å²) in [6.45, 7) is 5.69. The number of hydrogen-bond acceptors (Lipinski definition) is 5. The third kappa shape index (κ3) is 4.35. The Bertz CT molecular complexity index is 410. The van der Waals surface area contributed by atoms with Gasteiger partial charge in [0.1, 0.15) is 5.82 Å². The zero-order chi connectivity index (χ0) is 13.7. The summed E-state index contributed by atoms with van der Waals surface area (Å²) in [5.41, 5.74) is 0.956. The lowest BCUT2D eigenvalue weighted by Gasteiger charge is -2.26. The first-order valence-electron chi connectivity index (χ1n) is 7.19. The lowest BCUT2D eigenvalue weighted by atomic mass is 9.87. The Balaban J connectivity index is 1.91. The summed E-state index contributed by atoms with van der Waals surface area (Å²) in [7, 11) is 0. The summed E-state index contributed by atoms with van der Waals surface area (Å²) < 4.78 is 0. The Morgan fingerprint density at radius 3 is 2.89 bits per heavy atom. The van der Waals surface area contributed by atoms with Crippen molar-refractivity contribution in [2.24, 2.45) is 5.92 Å². The van der Waals surface area contributed by atoms with Crippen molar-refractivity contribution in [3.63, 3.8) is 0 Å². The minimum Gasteiger partial charge on any atom is -0.393 e. The second kappa shape index (κ2) is 6.70. The maximum absolute atomic E-state index is 9.67. The van der Waals surface area contributed by atoms with Crippen LogP contribution in [-0.2, 0) is 0 Å². The second-order valence-electron chi connectivity index (χ2n) is 5.32. The first-order valence-corrected chi connectivity index (χ1v) is 7.19. The largest absolute Gasteiger partial charge is 0.393 e. The molecule has 3 N–H and O–H groups in total. The highest BCUT2D eigenvalue weighted by atomic mass is 16.3. The number of hydrogen-bond donors (Lipinski definition) is 3. The molecule has 106 valence electrons. The second-order valence-corrected chi connectivity index (χ2v) is 5.32. The average Bonchev–Trinajstić information content (AvgIpc) is 2.36. The van der Waals surface area contributed by atoms with Gasteiger partial charge in [0, 0.05) is 24.8 Å². The van der Waals surface area contributed by atoms with Crippen molar-refractivity contribution in [3.05, 3.63) is 11.8 Å². The van der Waals surface area contributed by atoms with Crippen LogP contribution in [0, 0.1) is 12.8 Å². The van der Waals surface area contributed by atoms with E-state index < -0.39 is 0 Å². The first kappa shape index (κ1) is 14.1. The summed E-state index contributed by atoms with van der Waals surface area (Å²) in [5, 5.41) is 16.2. The van der Waals surface area contributed by atoms with Gasteiger partial charge >= 0.3 is 0 Å². The minimum absolute atomic E-state index is 0.120. The molecule has 1 aliphatic carbocycles. The fraction of sp³-hybridized carbons (Fsp3) is 0.714. The lowest BCUT2D eigenvalue weighted by Crippen LogP contribution is -2.25. The van der Waals surface area contributed by atoms with Crippen LogP contribution in [0.4, 0.5) is 11.8 Å². The summed E-state index contributed by atoms with van der Waals surface area (Å²) in [6.07, 6.45) is 4.04. The maximum Gasteiger partial charge on any atom is 0.224 e. The average molecular weight is 264 g/mol. The number of aliphatic hydroxyl groups excluding tert-OH is 1. The standard InChI is InChI=1S/C14H24N4O/c1-3-15-14-17-10(2)7-13(18-14)16-9-11-5-4-6-12(19)8-11/h7,11-12,19H,3-6,8-9H2,1-2H3,(H2,15,16,17,18). The molecule has 1 fully saturated rings. The Morgan fingerprint density at radius 1 is 1.32 bits per heavy atom. The SMILES string of the molecule is CCNc1nc(C)cc(NCC2CCCC(O)C2)n1. The zero-order valence-electron chi connectivity index (χ0n) is 11.8. The molecule has 2 unspecified atom stereocenters. The van der Waals surface area contributed by atoms with Crippen LogP contribution >= 0.6 is 0 Å². The molecule has 1 saturated carbocycles. The van der Waals surface area contributed by atoms with Gasteiger partial charge in [-0.25, -0.2) is 4.98 Å². The maximum atomic E-state index is 9.67. The summed E-state index contributed by atoms with van der Waals surface area (Å²) in [4.78, 5) is 8.76. The Hall–Kier alpha value is -1.36. The molecule has 1 aromatic heterocycles. The van der Waals surface area contributed by atoms with E-state index in [2.05, 4.69) is 20.6 Å². The van der Waals surface area contributed by atoms with Crippen molar-refractivity contribution < 1.29 is 5.11 Å². The third-order valence-electron chi connectivity index (χ3n) is 3.52. The molecule has 0 amide bonds. The normalized spacial score (nSPS) is 23.1. The van der Waals surface area contributed by atoms with E-state index >= 15 is 0 Å². The molecule has 2 rings (SSSR count). The number of aliphatic hydroxyl groups is 1. The molecule has 0 aromatic carbocycles. The van der Waals surface area contributed by atoms with Crippen molar-refractivity contribution in [2.45, 2.75) is 45.6 Å². The number of nitrogens with one attached hydrogen (secondary N) is 2. The van der Waals surface area contributed by atoms with E-state index in [1.807, 2.05) is 19.9 Å². The molecule has 5 nitrogen and oxygen atoms in total. The zero-order valence-corrected chi connectivity index (χ0v) is 11.8. The van der Waals surface area contributed by atoms with E-state index in [0.717, 1.165) is 43.9 Å². The molecule has 2 atom stereocenters. The van der Waals surface area contributed by atoms with Crippen LogP contribution in [0.2, 0.25) is 0 Å². The third-order valence-corrected chi connectivity index (χ3v) is 3.52. The summed E-state index contributed by atoms with van der Waals surface area (Å²) >= 11 is 0.